The minimum atomic E-state index is -0.915. The molecule has 1 atom stereocenters. The van der Waals surface area contributed by atoms with Crippen LogP contribution >= 0.6 is 24.0 Å². The van der Waals surface area contributed by atoms with Crippen LogP contribution < -0.4 is 15.8 Å². The number of aromatic nitrogens is 2. The fourth-order valence-corrected chi connectivity index (χ4v) is 5.62. The molecule has 0 bridgehead atoms. The van der Waals surface area contributed by atoms with E-state index in [2.05, 4.69) is 12.2 Å². The highest BCUT2D eigenvalue weighted by Gasteiger charge is 2.36. The highest BCUT2D eigenvalue weighted by molar-refractivity contribution is 8.26. The van der Waals surface area contributed by atoms with Gasteiger partial charge in [0.25, 0.3) is 11.5 Å². The maximum atomic E-state index is 13.7. The zero-order valence-electron chi connectivity index (χ0n) is 20.8. The van der Waals surface area contributed by atoms with Crippen LogP contribution in [0, 0.1) is 0 Å². The van der Waals surface area contributed by atoms with Gasteiger partial charge in [0.1, 0.15) is 21.8 Å². The van der Waals surface area contributed by atoms with E-state index in [9.17, 15) is 19.2 Å². The SMILES string of the molecule is CCCCCN1C(=O)/C(=C/c2c(N3CCNC(=O)C3CC(=O)OCC)nc3ccccn3c2=O)SC1=S. The van der Waals surface area contributed by atoms with Gasteiger partial charge in [0.05, 0.1) is 23.5 Å². The van der Waals surface area contributed by atoms with Crippen molar-refractivity contribution < 1.29 is 19.1 Å². The minimum absolute atomic E-state index is 0.154. The number of rotatable bonds is 9. The van der Waals surface area contributed by atoms with Crippen LogP contribution in [-0.2, 0) is 19.1 Å². The Labute approximate surface area is 224 Å². The second-order valence-electron chi connectivity index (χ2n) is 8.63. The molecule has 2 amide bonds. The predicted octanol–water partition coefficient (Wildman–Crippen LogP) is 2.34. The Kier molecular flexibility index (Phi) is 8.59. The quantitative estimate of drug-likeness (QED) is 0.220. The standard InChI is InChI=1S/C25H29N5O5S2/c1-3-5-7-12-30-24(34)18(37-25(30)36)14-16-21(27-19-9-6-8-11-29(19)23(16)33)28-13-10-26-22(32)17(28)15-20(31)35-4-2/h6,8-9,11,14,17H,3-5,7,10,12-13,15H2,1-2H3,(H,26,32)/b18-14-. The molecule has 0 radical (unpaired) electrons. The number of pyridine rings is 1. The van der Waals surface area contributed by atoms with Gasteiger partial charge >= 0.3 is 5.97 Å². The van der Waals surface area contributed by atoms with Crippen molar-refractivity contribution in [3.63, 3.8) is 0 Å². The third-order valence-corrected chi connectivity index (χ3v) is 7.53. The van der Waals surface area contributed by atoms with Gasteiger partial charge in [0.2, 0.25) is 5.91 Å². The molecular formula is C25H29N5O5S2. The molecule has 0 spiro atoms. The van der Waals surface area contributed by atoms with Gasteiger partial charge in [-0.25, -0.2) is 4.98 Å². The molecule has 0 saturated carbocycles. The van der Waals surface area contributed by atoms with Gasteiger partial charge in [-0.15, -0.1) is 0 Å². The van der Waals surface area contributed by atoms with Crippen LogP contribution in [0.4, 0.5) is 5.82 Å². The molecule has 4 rings (SSSR count). The molecule has 2 aliphatic heterocycles. The average Bonchev–Trinajstić information content (AvgIpc) is 3.14. The van der Waals surface area contributed by atoms with Crippen molar-refractivity contribution in [2.75, 3.05) is 31.1 Å². The molecule has 2 fully saturated rings. The third kappa shape index (κ3) is 5.69. The summed E-state index contributed by atoms with van der Waals surface area (Å²) in [5, 5.41) is 2.77. The van der Waals surface area contributed by atoms with Gasteiger partial charge < -0.3 is 15.0 Å². The van der Waals surface area contributed by atoms with E-state index in [1.807, 2.05) is 0 Å². The van der Waals surface area contributed by atoms with Crippen molar-refractivity contribution in [1.82, 2.24) is 19.6 Å². The van der Waals surface area contributed by atoms with Gasteiger partial charge in [-0.3, -0.25) is 28.5 Å². The average molecular weight is 544 g/mol. The molecule has 2 saturated heterocycles. The summed E-state index contributed by atoms with van der Waals surface area (Å²) in [5.41, 5.74) is 0.145. The number of unbranched alkanes of at least 4 members (excludes halogenated alkanes) is 2. The summed E-state index contributed by atoms with van der Waals surface area (Å²) in [6, 6.07) is 4.24. The molecule has 2 aliphatic rings. The number of thioether (sulfide) groups is 1. The number of amides is 2. The Morgan fingerprint density at radius 1 is 1.27 bits per heavy atom. The third-order valence-electron chi connectivity index (χ3n) is 6.15. The van der Waals surface area contributed by atoms with Crippen LogP contribution in [0.25, 0.3) is 11.7 Å². The second-order valence-corrected chi connectivity index (χ2v) is 10.3. The number of nitrogens with zero attached hydrogens (tertiary/aromatic N) is 4. The second kappa shape index (κ2) is 11.9. The fraction of sp³-hybridized carbons (Fsp3) is 0.440. The Balaban J connectivity index is 1.80. The Morgan fingerprint density at radius 3 is 2.84 bits per heavy atom. The summed E-state index contributed by atoms with van der Waals surface area (Å²) in [6.45, 7) is 5.12. The molecule has 1 unspecified atom stereocenters. The number of fused-ring (bicyclic) bond motifs is 1. The Hall–Kier alpha value is -3.25. The number of hydrogen-bond donors (Lipinski definition) is 1. The fourth-order valence-electron chi connectivity index (χ4n) is 4.33. The van der Waals surface area contributed by atoms with Gasteiger partial charge in [-0.05, 0) is 31.6 Å². The summed E-state index contributed by atoms with van der Waals surface area (Å²) in [7, 11) is 0. The van der Waals surface area contributed by atoms with E-state index in [1.54, 1.807) is 41.1 Å². The molecular weight excluding hydrogens is 514 g/mol. The molecule has 10 nitrogen and oxygen atoms in total. The molecule has 0 aromatic carbocycles. The van der Waals surface area contributed by atoms with Gasteiger partial charge in [0.15, 0.2) is 0 Å². The van der Waals surface area contributed by atoms with Gasteiger partial charge in [0, 0.05) is 25.8 Å². The molecule has 196 valence electrons. The lowest BCUT2D eigenvalue weighted by Gasteiger charge is -2.36. The van der Waals surface area contributed by atoms with E-state index >= 15 is 0 Å². The first kappa shape index (κ1) is 26.8. The summed E-state index contributed by atoms with van der Waals surface area (Å²) in [6.07, 6.45) is 5.74. The topological polar surface area (TPSA) is 113 Å². The smallest absolute Gasteiger partial charge is 0.308 e. The number of nitrogens with one attached hydrogen (secondary N) is 1. The molecule has 4 heterocycles. The van der Waals surface area contributed by atoms with Gasteiger partial charge in [-0.2, -0.15) is 0 Å². The van der Waals surface area contributed by atoms with E-state index in [1.165, 1.54) is 10.5 Å². The summed E-state index contributed by atoms with van der Waals surface area (Å²) >= 11 is 6.59. The lowest BCUT2D eigenvalue weighted by molar-refractivity contribution is -0.145. The molecule has 0 aliphatic carbocycles. The van der Waals surface area contributed by atoms with E-state index in [-0.39, 0.29) is 36.2 Å². The maximum absolute atomic E-state index is 13.7. The lowest BCUT2D eigenvalue weighted by atomic mass is 10.1. The lowest BCUT2D eigenvalue weighted by Crippen LogP contribution is -2.57. The van der Waals surface area contributed by atoms with Crippen LogP contribution in [0.5, 0.6) is 0 Å². The zero-order chi connectivity index (χ0) is 26.5. The number of anilines is 1. The molecule has 2 aromatic heterocycles. The van der Waals surface area contributed by atoms with E-state index in [0.29, 0.717) is 34.5 Å². The number of piperazine rings is 1. The largest absolute Gasteiger partial charge is 0.466 e. The Morgan fingerprint density at radius 2 is 2.08 bits per heavy atom. The molecule has 1 N–H and O–H groups in total. The minimum Gasteiger partial charge on any atom is -0.466 e. The van der Waals surface area contributed by atoms with Crippen LogP contribution in [0.2, 0.25) is 0 Å². The maximum Gasteiger partial charge on any atom is 0.308 e. The number of thiocarbonyl (C=S) groups is 1. The van der Waals surface area contributed by atoms with Crippen molar-refractivity contribution in [2.24, 2.45) is 0 Å². The van der Waals surface area contributed by atoms with Crippen molar-refractivity contribution >= 4 is 63.6 Å². The molecule has 2 aromatic rings. The zero-order valence-corrected chi connectivity index (χ0v) is 22.4. The molecule has 37 heavy (non-hydrogen) atoms. The van der Waals surface area contributed by atoms with Crippen LogP contribution in [0.3, 0.4) is 0 Å². The number of carbonyl (C=O) groups excluding carboxylic acids is 3. The number of carbonyl (C=O) groups is 3. The van der Waals surface area contributed by atoms with Crippen molar-refractivity contribution in [2.45, 2.75) is 45.6 Å². The highest BCUT2D eigenvalue weighted by atomic mass is 32.2. The first-order chi connectivity index (χ1) is 17.8. The highest BCUT2D eigenvalue weighted by Crippen LogP contribution is 2.34. The van der Waals surface area contributed by atoms with Crippen molar-refractivity contribution in [3.05, 3.63) is 45.2 Å². The first-order valence-corrected chi connectivity index (χ1v) is 13.5. The summed E-state index contributed by atoms with van der Waals surface area (Å²) < 4.78 is 6.91. The van der Waals surface area contributed by atoms with E-state index in [4.69, 9.17) is 21.9 Å². The monoisotopic (exact) mass is 543 g/mol. The summed E-state index contributed by atoms with van der Waals surface area (Å²) in [4.78, 5) is 60.2. The molecule has 12 heteroatoms. The summed E-state index contributed by atoms with van der Waals surface area (Å²) in [5.74, 6) is -0.908. The van der Waals surface area contributed by atoms with E-state index < -0.39 is 17.6 Å². The van der Waals surface area contributed by atoms with Crippen molar-refractivity contribution in [1.29, 1.82) is 0 Å². The Bertz CT molecular complexity index is 1320. The van der Waals surface area contributed by atoms with E-state index in [0.717, 1.165) is 31.0 Å². The van der Waals surface area contributed by atoms with Crippen LogP contribution in [0.1, 0.15) is 45.1 Å². The van der Waals surface area contributed by atoms with Crippen LogP contribution in [0.15, 0.2) is 34.1 Å². The van der Waals surface area contributed by atoms with Gasteiger partial charge in [-0.1, -0.05) is 49.8 Å². The van der Waals surface area contributed by atoms with Crippen molar-refractivity contribution in [3.8, 4) is 0 Å². The normalized spacial score (nSPS) is 19.1. The first-order valence-electron chi connectivity index (χ1n) is 12.3. The number of hydrogen-bond acceptors (Lipinski definition) is 9. The number of esters is 1. The predicted molar refractivity (Wildman–Crippen MR) is 146 cm³/mol. The number of ether oxygens (including phenoxy) is 1. The van der Waals surface area contributed by atoms with Crippen LogP contribution in [-0.4, -0.2) is 68.7 Å².